The fourth-order valence-electron chi connectivity index (χ4n) is 5.91. The minimum atomic E-state index is -1.28. The molecule has 2 atom stereocenters. The fraction of sp³-hybridized carbons (Fsp3) is 0.462. The van der Waals surface area contributed by atoms with Crippen LogP contribution in [0.5, 0.6) is 0 Å². The Morgan fingerprint density at radius 2 is 1.78 bits per heavy atom. The number of rotatable bonds is 4. The number of hydrogen-bond acceptors (Lipinski definition) is 5. The van der Waals surface area contributed by atoms with Crippen molar-refractivity contribution in [2.24, 2.45) is 5.92 Å². The quantitative estimate of drug-likeness (QED) is 0.531. The molecule has 2 aliphatic heterocycles. The Hall–Kier alpha value is -2.82. The Morgan fingerprint density at radius 1 is 1.05 bits per heavy atom. The van der Waals surface area contributed by atoms with Crippen molar-refractivity contribution in [2.45, 2.75) is 49.3 Å². The molecule has 0 unspecified atom stereocenters. The van der Waals surface area contributed by atoms with Gasteiger partial charge >= 0.3 is 12.1 Å². The van der Waals surface area contributed by atoms with Gasteiger partial charge in [0.2, 0.25) is 0 Å². The fourth-order valence-corrected chi connectivity index (χ4v) is 5.91. The number of carbonyl (C=O) groups excluding carboxylic acids is 2. The van der Waals surface area contributed by atoms with Crippen LogP contribution in [-0.2, 0) is 10.3 Å². The third-order valence-electron chi connectivity index (χ3n) is 7.93. The number of halogens is 4. The average Bonchev–Trinajstić information content (AvgIpc) is 3.49. The number of urea groups is 1. The van der Waals surface area contributed by atoms with Crippen LogP contribution in [0.2, 0.25) is 0 Å². The highest BCUT2D eigenvalue weighted by atomic mass is 35.5. The Morgan fingerprint density at radius 3 is 2.43 bits per heavy atom. The zero-order valence-corrected chi connectivity index (χ0v) is 20.8. The van der Waals surface area contributed by atoms with Crippen molar-refractivity contribution in [1.82, 2.24) is 15.5 Å². The zero-order valence-electron chi connectivity index (χ0n) is 20.0. The molecule has 2 aromatic carbocycles. The van der Waals surface area contributed by atoms with Gasteiger partial charge < -0.3 is 20.5 Å². The van der Waals surface area contributed by atoms with E-state index in [1.165, 1.54) is 12.1 Å². The van der Waals surface area contributed by atoms with Crippen LogP contribution >= 0.6 is 12.4 Å². The Kier molecular flexibility index (Phi) is 7.73. The number of cyclic esters (lactones) is 1. The summed E-state index contributed by atoms with van der Waals surface area (Å²) in [6.45, 7) is 0.966. The first-order valence-corrected chi connectivity index (χ1v) is 12.1. The lowest BCUT2D eigenvalue weighted by atomic mass is 9.68. The van der Waals surface area contributed by atoms with Gasteiger partial charge in [-0.1, -0.05) is 24.3 Å². The van der Waals surface area contributed by atoms with Crippen LogP contribution in [0.1, 0.15) is 49.3 Å². The molecule has 0 aromatic heterocycles. The molecule has 37 heavy (non-hydrogen) atoms. The lowest BCUT2D eigenvalue weighted by molar-refractivity contribution is -0.0289. The van der Waals surface area contributed by atoms with Gasteiger partial charge in [-0.25, -0.2) is 27.7 Å². The number of aliphatic hydroxyl groups is 1. The number of nitrogens with one attached hydrogen (secondary N) is 2. The minimum Gasteiger partial charge on any atom is -0.446 e. The summed E-state index contributed by atoms with van der Waals surface area (Å²) in [6, 6.07) is 7.88. The molecule has 11 heteroatoms. The van der Waals surface area contributed by atoms with Crippen molar-refractivity contribution in [3.05, 3.63) is 71.0 Å². The molecule has 3 aliphatic rings. The summed E-state index contributed by atoms with van der Waals surface area (Å²) in [5.74, 6) is -2.57. The van der Waals surface area contributed by atoms with Gasteiger partial charge in [0.25, 0.3) is 0 Å². The first-order valence-electron chi connectivity index (χ1n) is 12.1. The van der Waals surface area contributed by atoms with Crippen molar-refractivity contribution < 1.29 is 32.6 Å². The molecule has 1 saturated carbocycles. The van der Waals surface area contributed by atoms with Crippen LogP contribution in [0, 0.1) is 23.4 Å². The molecule has 1 aliphatic carbocycles. The Bertz CT molecular complexity index is 1170. The van der Waals surface area contributed by atoms with Crippen LogP contribution < -0.4 is 10.6 Å². The number of ether oxygens (including phenoxy) is 1. The Balaban J connectivity index is 0.00000320. The summed E-state index contributed by atoms with van der Waals surface area (Å²) in [5, 5.41) is 17.5. The number of amides is 3. The predicted molar refractivity (Wildman–Crippen MR) is 131 cm³/mol. The SMILES string of the molecule is Cl.O=C(N[C@@]1(C2CCC(O)(c3ccccc3F)CC2)CCNC1)N1C(=O)OC[C@@H]1c1ccc(F)c(F)c1. The molecule has 7 nitrogen and oxygen atoms in total. The highest BCUT2D eigenvalue weighted by Gasteiger charge is 2.49. The number of carbonyl (C=O) groups is 2. The molecule has 0 radical (unpaired) electrons. The molecular formula is C26H29ClF3N3O4. The summed E-state index contributed by atoms with van der Waals surface area (Å²) in [5.41, 5.74) is -1.44. The standard InChI is InChI=1S/C26H28F3N3O4.ClH/c27-19-4-2-1-3-18(19)26(35)9-7-17(8-10-26)25(11-12-30-15-25)31-23(33)32-22(14-36-24(32)34)16-5-6-20(28)21(29)13-16;/h1-6,13,17,22,30,35H,7-12,14-15H2,(H,31,33);1H/t17?,22-,25+,26?;/m1./s1. The van der Waals surface area contributed by atoms with Crippen molar-refractivity contribution >= 4 is 24.5 Å². The number of hydrogen-bond donors (Lipinski definition) is 3. The third-order valence-corrected chi connectivity index (χ3v) is 7.93. The first-order chi connectivity index (χ1) is 17.2. The molecule has 3 fully saturated rings. The zero-order chi connectivity index (χ0) is 25.5. The second-order valence-corrected chi connectivity index (χ2v) is 9.94. The van der Waals surface area contributed by atoms with Gasteiger partial charge in [-0.3, -0.25) is 0 Å². The maximum Gasteiger partial charge on any atom is 0.418 e. The molecular weight excluding hydrogens is 511 g/mol. The summed E-state index contributed by atoms with van der Waals surface area (Å²) >= 11 is 0. The van der Waals surface area contributed by atoms with Gasteiger partial charge in [0.05, 0.1) is 11.1 Å². The monoisotopic (exact) mass is 539 g/mol. The van der Waals surface area contributed by atoms with Crippen molar-refractivity contribution in [2.75, 3.05) is 19.7 Å². The lowest BCUT2D eigenvalue weighted by Gasteiger charge is -2.45. The van der Waals surface area contributed by atoms with Crippen LogP contribution in [0.25, 0.3) is 0 Å². The average molecular weight is 540 g/mol. The van der Waals surface area contributed by atoms with E-state index >= 15 is 0 Å². The minimum absolute atomic E-state index is 0. The van der Waals surface area contributed by atoms with Gasteiger partial charge in [0.1, 0.15) is 18.5 Å². The van der Waals surface area contributed by atoms with E-state index in [1.54, 1.807) is 18.2 Å². The molecule has 3 N–H and O–H groups in total. The van der Waals surface area contributed by atoms with E-state index < -0.39 is 46.8 Å². The molecule has 3 amide bonds. The molecule has 2 saturated heterocycles. The smallest absolute Gasteiger partial charge is 0.418 e. The van der Waals surface area contributed by atoms with Crippen molar-refractivity contribution in [3.8, 4) is 0 Å². The van der Waals surface area contributed by atoms with E-state index in [0.29, 0.717) is 45.2 Å². The molecule has 2 aromatic rings. The lowest BCUT2D eigenvalue weighted by Crippen LogP contribution is -2.60. The van der Waals surface area contributed by atoms with Gasteiger partial charge in [0, 0.05) is 12.1 Å². The van der Waals surface area contributed by atoms with E-state index in [0.717, 1.165) is 17.0 Å². The van der Waals surface area contributed by atoms with E-state index in [9.17, 15) is 27.9 Å². The van der Waals surface area contributed by atoms with Crippen molar-refractivity contribution in [1.29, 1.82) is 0 Å². The highest BCUT2D eigenvalue weighted by molar-refractivity contribution is 5.93. The topological polar surface area (TPSA) is 90.9 Å². The summed E-state index contributed by atoms with van der Waals surface area (Å²) < 4.78 is 46.7. The second kappa shape index (κ2) is 10.5. The summed E-state index contributed by atoms with van der Waals surface area (Å²) in [6.07, 6.45) is 1.51. The van der Waals surface area contributed by atoms with Gasteiger partial charge in [-0.05, 0) is 68.3 Å². The van der Waals surface area contributed by atoms with Gasteiger partial charge in [-0.2, -0.15) is 0 Å². The van der Waals surface area contributed by atoms with Crippen LogP contribution in [0.3, 0.4) is 0 Å². The molecule has 5 rings (SSSR count). The molecule has 0 spiro atoms. The Labute approximate surface area is 218 Å². The maximum atomic E-state index is 14.4. The van der Waals surface area contributed by atoms with E-state index in [2.05, 4.69) is 10.6 Å². The van der Waals surface area contributed by atoms with Crippen LogP contribution in [0.4, 0.5) is 22.8 Å². The van der Waals surface area contributed by atoms with Gasteiger partial charge in [0.15, 0.2) is 11.6 Å². The highest BCUT2D eigenvalue weighted by Crippen LogP contribution is 2.45. The molecule has 200 valence electrons. The maximum absolute atomic E-state index is 14.4. The van der Waals surface area contributed by atoms with Crippen LogP contribution in [-0.4, -0.2) is 47.4 Å². The molecule has 0 bridgehead atoms. The number of benzene rings is 2. The number of nitrogens with zero attached hydrogens (tertiary/aromatic N) is 1. The third kappa shape index (κ3) is 5.02. The molecule has 2 heterocycles. The largest absolute Gasteiger partial charge is 0.446 e. The van der Waals surface area contributed by atoms with Crippen molar-refractivity contribution in [3.63, 3.8) is 0 Å². The normalized spacial score (nSPS) is 29.5. The van der Waals surface area contributed by atoms with Crippen LogP contribution in [0.15, 0.2) is 42.5 Å². The van der Waals surface area contributed by atoms with E-state index in [4.69, 9.17) is 4.74 Å². The number of imide groups is 1. The summed E-state index contributed by atoms with van der Waals surface area (Å²) in [4.78, 5) is 26.8. The summed E-state index contributed by atoms with van der Waals surface area (Å²) in [7, 11) is 0. The van der Waals surface area contributed by atoms with E-state index in [1.807, 2.05) is 0 Å². The van der Waals surface area contributed by atoms with Gasteiger partial charge in [-0.15, -0.1) is 12.4 Å². The first kappa shape index (κ1) is 27.2. The van der Waals surface area contributed by atoms with E-state index in [-0.39, 0.29) is 36.1 Å². The second-order valence-electron chi connectivity index (χ2n) is 9.94. The predicted octanol–water partition coefficient (Wildman–Crippen LogP) is 4.54.